The monoisotopic (exact) mass is 257 g/mol. The SMILES string of the molecule is Nc1ncnc2c1C(c1ccccc1)NC(=S)N2. The van der Waals surface area contributed by atoms with Crippen molar-refractivity contribution in [3.05, 3.63) is 47.8 Å². The van der Waals surface area contributed by atoms with Gasteiger partial charge < -0.3 is 16.4 Å². The second-order valence-corrected chi connectivity index (χ2v) is 4.37. The van der Waals surface area contributed by atoms with Crippen LogP contribution in [-0.2, 0) is 0 Å². The molecule has 0 spiro atoms. The lowest BCUT2D eigenvalue weighted by Gasteiger charge is -2.29. The molecule has 4 N–H and O–H groups in total. The summed E-state index contributed by atoms with van der Waals surface area (Å²) in [4.78, 5) is 8.21. The molecule has 2 aromatic rings. The number of hydrogen-bond donors (Lipinski definition) is 3. The summed E-state index contributed by atoms with van der Waals surface area (Å²) >= 11 is 5.18. The van der Waals surface area contributed by atoms with Crippen LogP contribution in [0.15, 0.2) is 36.7 Å². The predicted molar refractivity (Wildman–Crippen MR) is 74.1 cm³/mol. The van der Waals surface area contributed by atoms with Crippen molar-refractivity contribution in [3.8, 4) is 0 Å². The molecule has 5 nitrogen and oxygen atoms in total. The molecule has 0 saturated heterocycles. The molecule has 0 amide bonds. The minimum absolute atomic E-state index is 0.115. The van der Waals surface area contributed by atoms with Crippen LogP contribution in [0.1, 0.15) is 17.2 Å². The highest BCUT2D eigenvalue weighted by molar-refractivity contribution is 7.80. The van der Waals surface area contributed by atoms with Crippen LogP contribution >= 0.6 is 12.2 Å². The Balaban J connectivity index is 2.15. The number of fused-ring (bicyclic) bond motifs is 1. The molecule has 0 aliphatic carbocycles. The fraction of sp³-hybridized carbons (Fsp3) is 0.0833. The molecule has 1 aromatic carbocycles. The molecule has 6 heteroatoms. The average Bonchev–Trinajstić information content (AvgIpc) is 2.39. The Morgan fingerprint density at radius 1 is 1.17 bits per heavy atom. The van der Waals surface area contributed by atoms with Crippen LogP contribution in [0.5, 0.6) is 0 Å². The third-order valence-corrected chi connectivity index (χ3v) is 3.06. The van der Waals surface area contributed by atoms with E-state index in [1.807, 2.05) is 30.3 Å². The van der Waals surface area contributed by atoms with Crippen LogP contribution in [0.4, 0.5) is 11.6 Å². The number of rotatable bonds is 1. The first-order chi connectivity index (χ1) is 8.75. The van der Waals surface area contributed by atoms with E-state index >= 15 is 0 Å². The number of nitrogens with two attached hydrogens (primary N) is 1. The second-order valence-electron chi connectivity index (χ2n) is 3.96. The van der Waals surface area contributed by atoms with E-state index in [1.165, 1.54) is 6.33 Å². The Hall–Kier alpha value is -2.21. The highest BCUT2D eigenvalue weighted by atomic mass is 32.1. The standard InChI is InChI=1S/C12H11N5S/c13-10-8-9(7-4-2-1-3-5-7)16-12(18)17-11(8)15-6-14-10/h1-6,9H,(H4,13,14,15,16,17,18). The van der Waals surface area contributed by atoms with E-state index < -0.39 is 0 Å². The number of nitrogens with one attached hydrogen (secondary N) is 2. The molecule has 0 fully saturated rings. The van der Waals surface area contributed by atoms with Crippen molar-refractivity contribution in [1.82, 2.24) is 15.3 Å². The maximum Gasteiger partial charge on any atom is 0.172 e. The van der Waals surface area contributed by atoms with Crippen molar-refractivity contribution in [3.63, 3.8) is 0 Å². The van der Waals surface area contributed by atoms with Crippen molar-refractivity contribution in [2.45, 2.75) is 6.04 Å². The van der Waals surface area contributed by atoms with E-state index in [2.05, 4.69) is 20.6 Å². The van der Waals surface area contributed by atoms with Crippen molar-refractivity contribution < 1.29 is 0 Å². The lowest BCUT2D eigenvalue weighted by atomic mass is 9.98. The normalized spacial score (nSPS) is 17.6. The van der Waals surface area contributed by atoms with E-state index in [0.717, 1.165) is 11.1 Å². The van der Waals surface area contributed by atoms with Gasteiger partial charge in [-0.15, -0.1) is 0 Å². The average molecular weight is 257 g/mol. The van der Waals surface area contributed by atoms with Crippen LogP contribution < -0.4 is 16.4 Å². The summed E-state index contributed by atoms with van der Waals surface area (Å²) in [5, 5.41) is 6.72. The largest absolute Gasteiger partial charge is 0.383 e. The first-order valence-corrected chi connectivity index (χ1v) is 5.89. The summed E-state index contributed by atoms with van der Waals surface area (Å²) in [6, 6.07) is 9.83. The molecule has 0 bridgehead atoms. The number of thiocarbonyl (C=S) groups is 1. The third kappa shape index (κ3) is 1.76. The molecular formula is C12H11N5S. The second kappa shape index (κ2) is 4.23. The lowest BCUT2D eigenvalue weighted by molar-refractivity contribution is 0.749. The molecule has 1 aliphatic heterocycles. The maximum absolute atomic E-state index is 5.94. The van der Waals surface area contributed by atoms with E-state index in [1.54, 1.807) is 0 Å². The van der Waals surface area contributed by atoms with E-state index in [0.29, 0.717) is 16.7 Å². The first kappa shape index (κ1) is 10.9. The molecule has 1 atom stereocenters. The first-order valence-electron chi connectivity index (χ1n) is 5.48. The van der Waals surface area contributed by atoms with Gasteiger partial charge >= 0.3 is 0 Å². The Labute approximate surface area is 109 Å². The number of benzene rings is 1. The van der Waals surface area contributed by atoms with Gasteiger partial charge in [-0.3, -0.25) is 0 Å². The molecule has 2 heterocycles. The zero-order valence-electron chi connectivity index (χ0n) is 9.42. The highest BCUT2D eigenvalue weighted by Crippen LogP contribution is 2.33. The van der Waals surface area contributed by atoms with Crippen molar-refractivity contribution in [1.29, 1.82) is 0 Å². The summed E-state index contributed by atoms with van der Waals surface area (Å²) < 4.78 is 0. The lowest BCUT2D eigenvalue weighted by Crippen LogP contribution is -2.39. The molecular weight excluding hydrogens is 246 g/mol. The number of nitrogens with zero attached hydrogens (tertiary/aromatic N) is 2. The number of anilines is 2. The molecule has 90 valence electrons. The zero-order chi connectivity index (χ0) is 12.5. The maximum atomic E-state index is 5.94. The molecule has 3 rings (SSSR count). The Bertz CT molecular complexity index is 599. The van der Waals surface area contributed by atoms with Crippen LogP contribution in [0.2, 0.25) is 0 Å². The van der Waals surface area contributed by atoms with Gasteiger partial charge in [0.25, 0.3) is 0 Å². The van der Waals surface area contributed by atoms with E-state index in [4.69, 9.17) is 18.0 Å². The summed E-state index contributed by atoms with van der Waals surface area (Å²) in [5.74, 6) is 1.12. The number of hydrogen-bond acceptors (Lipinski definition) is 4. The van der Waals surface area contributed by atoms with E-state index in [-0.39, 0.29) is 6.04 Å². The van der Waals surface area contributed by atoms with Crippen LogP contribution in [0, 0.1) is 0 Å². The third-order valence-electron chi connectivity index (χ3n) is 2.84. The topological polar surface area (TPSA) is 75.9 Å². The Kier molecular flexibility index (Phi) is 2.56. The van der Waals surface area contributed by atoms with Crippen molar-refractivity contribution >= 4 is 29.0 Å². The zero-order valence-corrected chi connectivity index (χ0v) is 10.2. The smallest absolute Gasteiger partial charge is 0.172 e. The summed E-state index contributed by atoms with van der Waals surface area (Å²) in [7, 11) is 0. The van der Waals surface area contributed by atoms with Crippen LogP contribution in [0.3, 0.4) is 0 Å². The highest BCUT2D eigenvalue weighted by Gasteiger charge is 2.27. The van der Waals surface area contributed by atoms with Gasteiger partial charge in [0, 0.05) is 0 Å². The fourth-order valence-electron chi connectivity index (χ4n) is 2.04. The minimum atomic E-state index is -0.115. The summed E-state index contributed by atoms with van der Waals surface area (Å²) in [6.45, 7) is 0. The molecule has 1 unspecified atom stereocenters. The van der Waals surface area contributed by atoms with Gasteiger partial charge in [-0.25, -0.2) is 9.97 Å². The predicted octanol–water partition coefficient (Wildman–Crippen LogP) is 1.45. The number of nitrogen functional groups attached to an aromatic ring is 1. The van der Waals surface area contributed by atoms with Crippen LogP contribution in [-0.4, -0.2) is 15.1 Å². The van der Waals surface area contributed by atoms with Crippen LogP contribution in [0.25, 0.3) is 0 Å². The van der Waals surface area contributed by atoms with E-state index in [9.17, 15) is 0 Å². The molecule has 1 aliphatic rings. The molecule has 0 saturated carbocycles. The summed E-state index contributed by atoms with van der Waals surface area (Å²) in [5.41, 5.74) is 7.84. The van der Waals surface area contributed by atoms with Gasteiger partial charge in [-0.2, -0.15) is 0 Å². The number of aromatic nitrogens is 2. The van der Waals surface area contributed by atoms with Gasteiger partial charge in [-0.05, 0) is 17.8 Å². The van der Waals surface area contributed by atoms with Gasteiger partial charge in [0.15, 0.2) is 5.11 Å². The van der Waals surface area contributed by atoms with Gasteiger partial charge in [0.2, 0.25) is 0 Å². The van der Waals surface area contributed by atoms with Gasteiger partial charge in [-0.1, -0.05) is 30.3 Å². The van der Waals surface area contributed by atoms with Crippen molar-refractivity contribution in [2.75, 3.05) is 11.1 Å². The Morgan fingerprint density at radius 2 is 1.94 bits per heavy atom. The molecule has 0 radical (unpaired) electrons. The summed E-state index contributed by atoms with van der Waals surface area (Å²) in [6.07, 6.45) is 1.43. The van der Waals surface area contributed by atoms with Gasteiger partial charge in [0.1, 0.15) is 18.0 Å². The quantitative estimate of drug-likeness (QED) is 0.671. The Morgan fingerprint density at radius 3 is 2.72 bits per heavy atom. The van der Waals surface area contributed by atoms with Gasteiger partial charge in [0.05, 0.1) is 11.6 Å². The molecule has 1 aromatic heterocycles. The minimum Gasteiger partial charge on any atom is -0.383 e. The fourth-order valence-corrected chi connectivity index (χ4v) is 2.25. The van der Waals surface area contributed by atoms with Crippen molar-refractivity contribution in [2.24, 2.45) is 0 Å². The molecule has 18 heavy (non-hydrogen) atoms.